The molecule has 2 N–H and O–H groups in total. The van der Waals surface area contributed by atoms with E-state index >= 15 is 0 Å². The Balaban J connectivity index is 3.60. The van der Waals surface area contributed by atoms with Gasteiger partial charge in [0.15, 0.2) is 0 Å². The van der Waals surface area contributed by atoms with Crippen LogP contribution >= 0.6 is 0 Å². The van der Waals surface area contributed by atoms with E-state index in [1.165, 1.54) is 6.92 Å². The third-order valence-corrected chi connectivity index (χ3v) is 0.548. The molecule has 0 fully saturated rings. The minimum Gasteiger partial charge on any atom is -0.332 e. The fourth-order valence-electron chi connectivity index (χ4n) is 0.150. The van der Waals surface area contributed by atoms with Crippen LogP contribution in [-0.4, -0.2) is 12.1 Å². The minimum atomic E-state index is -1.17. The Labute approximate surface area is 57.3 Å². The zero-order chi connectivity index (χ0) is 8.15. The molecule has 0 aliphatic carbocycles. The molecule has 0 heterocycles. The van der Waals surface area contributed by atoms with Gasteiger partial charge in [0.25, 0.3) is 0 Å². The molecule has 0 saturated heterocycles. The van der Waals surface area contributed by atoms with Gasteiger partial charge >= 0.3 is 12.1 Å². The van der Waals surface area contributed by atoms with Crippen molar-refractivity contribution in [2.24, 2.45) is 5.73 Å². The number of primary amides is 1. The van der Waals surface area contributed by atoms with Crippen molar-refractivity contribution in [3.05, 3.63) is 12.2 Å². The van der Waals surface area contributed by atoms with Gasteiger partial charge in [0.1, 0.15) is 0 Å². The molecule has 56 valence electrons. The molecule has 5 nitrogen and oxygen atoms in total. The fraction of sp³-hybridized carbons (Fsp3) is 0.200. The van der Waals surface area contributed by atoms with Crippen LogP contribution in [0.15, 0.2) is 12.2 Å². The molecule has 0 aliphatic heterocycles. The van der Waals surface area contributed by atoms with E-state index in [0.29, 0.717) is 0 Å². The Bertz CT molecular complexity index is 174. The quantitative estimate of drug-likeness (QED) is 0.323. The highest BCUT2D eigenvalue weighted by Crippen LogP contribution is 1.91. The van der Waals surface area contributed by atoms with Crippen molar-refractivity contribution in [3.8, 4) is 0 Å². The van der Waals surface area contributed by atoms with Crippen LogP contribution in [0.4, 0.5) is 4.79 Å². The average molecular weight is 145 g/mol. The SMILES string of the molecule is C=C(C)C(=O)OOC(N)=O. The highest BCUT2D eigenvalue weighted by Gasteiger charge is 2.05. The molecule has 0 aromatic rings. The Morgan fingerprint density at radius 2 is 1.90 bits per heavy atom. The van der Waals surface area contributed by atoms with Gasteiger partial charge in [-0.05, 0) is 6.92 Å². The Hall–Kier alpha value is -1.52. The predicted octanol–water partition coefficient (Wildman–Crippen LogP) is 0.116. The van der Waals surface area contributed by atoms with Crippen molar-refractivity contribution in [2.75, 3.05) is 0 Å². The van der Waals surface area contributed by atoms with Crippen LogP contribution in [0.5, 0.6) is 0 Å². The smallest absolute Gasteiger partial charge is 0.332 e. The van der Waals surface area contributed by atoms with Crippen molar-refractivity contribution in [1.82, 2.24) is 0 Å². The van der Waals surface area contributed by atoms with E-state index in [-0.39, 0.29) is 5.57 Å². The summed E-state index contributed by atoms with van der Waals surface area (Å²) < 4.78 is 0. The second-order valence-corrected chi connectivity index (χ2v) is 1.55. The van der Waals surface area contributed by atoms with Gasteiger partial charge < -0.3 is 5.73 Å². The zero-order valence-electron chi connectivity index (χ0n) is 5.42. The van der Waals surface area contributed by atoms with Gasteiger partial charge in [0.05, 0.1) is 0 Å². The molecule has 0 bridgehead atoms. The molecule has 0 aromatic heterocycles. The molecule has 0 aliphatic rings. The summed E-state index contributed by atoms with van der Waals surface area (Å²) in [5, 5.41) is 0. The van der Waals surface area contributed by atoms with Crippen LogP contribution in [0.2, 0.25) is 0 Å². The van der Waals surface area contributed by atoms with E-state index in [4.69, 9.17) is 0 Å². The van der Waals surface area contributed by atoms with Crippen molar-refractivity contribution >= 4 is 12.1 Å². The number of amides is 1. The molecule has 0 unspecified atom stereocenters. The largest absolute Gasteiger partial charge is 0.447 e. The molecule has 0 aromatic carbocycles. The number of carbonyl (C=O) groups is 2. The van der Waals surface area contributed by atoms with Crippen LogP contribution in [0.25, 0.3) is 0 Å². The van der Waals surface area contributed by atoms with Crippen molar-refractivity contribution in [3.63, 3.8) is 0 Å². The predicted molar refractivity (Wildman–Crippen MR) is 31.6 cm³/mol. The number of hydrogen-bond donors (Lipinski definition) is 1. The first-order valence-corrected chi connectivity index (χ1v) is 2.38. The molecular formula is C5H7NO4. The van der Waals surface area contributed by atoms with Gasteiger partial charge in [-0.15, -0.1) is 0 Å². The van der Waals surface area contributed by atoms with Gasteiger partial charge in [0, 0.05) is 5.57 Å². The molecule has 5 heteroatoms. The van der Waals surface area contributed by atoms with E-state index in [1.54, 1.807) is 0 Å². The second-order valence-electron chi connectivity index (χ2n) is 1.55. The Morgan fingerprint density at radius 1 is 1.40 bits per heavy atom. The van der Waals surface area contributed by atoms with Gasteiger partial charge in [-0.1, -0.05) is 6.58 Å². The second kappa shape index (κ2) is 3.49. The molecular weight excluding hydrogens is 138 g/mol. The lowest BCUT2D eigenvalue weighted by Gasteiger charge is -1.97. The summed E-state index contributed by atoms with van der Waals surface area (Å²) in [6.45, 7) is 4.64. The fourth-order valence-corrected chi connectivity index (χ4v) is 0.150. The van der Waals surface area contributed by atoms with Gasteiger partial charge in [-0.3, -0.25) is 0 Å². The summed E-state index contributed by atoms with van der Waals surface area (Å²) in [5.41, 5.74) is 4.60. The molecule has 10 heavy (non-hydrogen) atoms. The lowest BCUT2D eigenvalue weighted by Crippen LogP contribution is -2.16. The number of hydrogen-bond acceptors (Lipinski definition) is 4. The average Bonchev–Trinajstić information content (AvgIpc) is 1.82. The molecule has 0 atom stereocenters. The zero-order valence-corrected chi connectivity index (χ0v) is 5.42. The van der Waals surface area contributed by atoms with Gasteiger partial charge in [-0.25, -0.2) is 19.4 Å². The van der Waals surface area contributed by atoms with Crippen LogP contribution in [0.3, 0.4) is 0 Å². The molecule has 0 saturated carbocycles. The van der Waals surface area contributed by atoms with E-state index in [9.17, 15) is 9.59 Å². The van der Waals surface area contributed by atoms with E-state index in [2.05, 4.69) is 22.1 Å². The monoisotopic (exact) mass is 145 g/mol. The number of carbonyl (C=O) groups excluding carboxylic acids is 2. The third kappa shape index (κ3) is 3.48. The summed E-state index contributed by atoms with van der Waals surface area (Å²) in [6.07, 6.45) is -1.17. The highest BCUT2D eigenvalue weighted by molar-refractivity contribution is 5.86. The van der Waals surface area contributed by atoms with E-state index in [0.717, 1.165) is 0 Å². The lowest BCUT2D eigenvalue weighted by atomic mass is 10.4. The summed E-state index contributed by atoms with van der Waals surface area (Å²) in [4.78, 5) is 27.8. The lowest BCUT2D eigenvalue weighted by molar-refractivity contribution is -0.225. The van der Waals surface area contributed by atoms with Gasteiger partial charge in [0.2, 0.25) is 0 Å². The van der Waals surface area contributed by atoms with Crippen LogP contribution < -0.4 is 5.73 Å². The summed E-state index contributed by atoms with van der Waals surface area (Å²) in [5.74, 6) is -0.821. The summed E-state index contributed by atoms with van der Waals surface area (Å²) >= 11 is 0. The maximum absolute atomic E-state index is 10.4. The Morgan fingerprint density at radius 3 is 2.20 bits per heavy atom. The Kier molecular flexibility index (Phi) is 2.96. The number of rotatable bonds is 1. The maximum atomic E-state index is 10.4. The minimum absolute atomic E-state index is 0.126. The van der Waals surface area contributed by atoms with Crippen molar-refractivity contribution in [2.45, 2.75) is 6.92 Å². The van der Waals surface area contributed by atoms with Crippen LogP contribution in [0.1, 0.15) is 6.92 Å². The first-order valence-electron chi connectivity index (χ1n) is 2.38. The van der Waals surface area contributed by atoms with Crippen LogP contribution in [-0.2, 0) is 14.6 Å². The van der Waals surface area contributed by atoms with Gasteiger partial charge in [-0.2, -0.15) is 0 Å². The topological polar surface area (TPSA) is 78.6 Å². The molecule has 0 radical (unpaired) electrons. The van der Waals surface area contributed by atoms with Crippen molar-refractivity contribution < 1.29 is 19.4 Å². The summed E-state index contributed by atoms with van der Waals surface area (Å²) in [6, 6.07) is 0. The third-order valence-electron chi connectivity index (χ3n) is 0.548. The summed E-state index contributed by atoms with van der Waals surface area (Å²) in [7, 11) is 0. The highest BCUT2D eigenvalue weighted by atomic mass is 17.2. The number of nitrogens with two attached hydrogens (primary N) is 1. The van der Waals surface area contributed by atoms with Crippen LogP contribution in [0, 0.1) is 0 Å². The molecule has 1 amide bonds. The molecule has 0 rings (SSSR count). The van der Waals surface area contributed by atoms with E-state index < -0.39 is 12.1 Å². The van der Waals surface area contributed by atoms with Crippen molar-refractivity contribution in [1.29, 1.82) is 0 Å². The maximum Gasteiger partial charge on any atom is 0.447 e. The normalized spacial score (nSPS) is 8.10. The first-order chi connectivity index (χ1) is 4.54. The first kappa shape index (κ1) is 8.48. The van der Waals surface area contributed by atoms with E-state index in [1.807, 2.05) is 0 Å². The standard InChI is InChI=1S/C5H7NO4/c1-3(2)4(7)9-10-5(6)8/h1H2,2H3,(H2,6,8). The molecule has 0 spiro atoms.